The number of benzene rings is 1. The average molecular weight is 267 g/mol. The van der Waals surface area contributed by atoms with E-state index < -0.39 is 5.97 Å². The molecule has 0 aliphatic heterocycles. The number of carbonyl (C=O) groups is 1. The Labute approximate surface area is 117 Å². The van der Waals surface area contributed by atoms with E-state index in [9.17, 15) is 9.90 Å². The van der Waals surface area contributed by atoms with Gasteiger partial charge in [0.15, 0.2) is 0 Å². The number of nitrogens with zero attached hydrogens (tertiary/aromatic N) is 1. The molecule has 5 rings (SSSR count). The van der Waals surface area contributed by atoms with E-state index in [1.807, 2.05) is 11.5 Å². The summed E-state index contributed by atoms with van der Waals surface area (Å²) in [5, 5.41) is 9.60. The fourth-order valence-electron chi connectivity index (χ4n) is 4.14. The lowest BCUT2D eigenvalue weighted by Crippen LogP contribution is -2.25. The molecule has 2 bridgehead atoms. The summed E-state index contributed by atoms with van der Waals surface area (Å²) in [5.74, 6) is -0.139. The zero-order valence-corrected chi connectivity index (χ0v) is 11.5. The van der Waals surface area contributed by atoms with Gasteiger partial charge in [-0.25, -0.2) is 4.79 Å². The van der Waals surface area contributed by atoms with Gasteiger partial charge in [0.05, 0.1) is 0 Å². The second-order valence-electron chi connectivity index (χ2n) is 5.75. The van der Waals surface area contributed by atoms with Crippen LogP contribution in [0.1, 0.15) is 64.3 Å². The van der Waals surface area contributed by atoms with E-state index >= 15 is 0 Å². The van der Waals surface area contributed by atoms with Gasteiger partial charge in [-0.05, 0) is 42.0 Å². The van der Waals surface area contributed by atoms with Crippen LogP contribution in [-0.4, -0.2) is 15.6 Å². The molecule has 1 aromatic heterocycles. The predicted molar refractivity (Wildman–Crippen MR) is 76.4 cm³/mol. The van der Waals surface area contributed by atoms with Gasteiger partial charge in [0.25, 0.3) is 0 Å². The summed E-state index contributed by atoms with van der Waals surface area (Å²) in [6.45, 7) is 2.72. The number of fused-ring (bicyclic) bond motifs is 1. The lowest BCUT2D eigenvalue weighted by atomic mass is 9.64. The molecule has 3 aliphatic carbocycles. The number of aromatic nitrogens is 1. The quantitative estimate of drug-likeness (QED) is 0.903. The molecule has 1 aromatic carbocycles. The zero-order valence-electron chi connectivity index (χ0n) is 11.5. The summed E-state index contributed by atoms with van der Waals surface area (Å²) >= 11 is 0. The third kappa shape index (κ3) is 1.33. The molecule has 0 saturated carbocycles. The highest BCUT2D eigenvalue weighted by Gasteiger charge is 2.41. The van der Waals surface area contributed by atoms with E-state index in [0.717, 1.165) is 18.4 Å². The zero-order chi connectivity index (χ0) is 13.9. The van der Waals surface area contributed by atoms with Gasteiger partial charge in [0, 0.05) is 24.6 Å². The van der Waals surface area contributed by atoms with Crippen molar-refractivity contribution >= 4 is 5.97 Å². The van der Waals surface area contributed by atoms with Gasteiger partial charge in [-0.2, -0.15) is 0 Å². The summed E-state index contributed by atoms with van der Waals surface area (Å²) in [7, 11) is 0. The first-order valence-corrected chi connectivity index (χ1v) is 7.27. The summed E-state index contributed by atoms with van der Waals surface area (Å²) in [4.78, 5) is 11.7. The molecule has 0 saturated heterocycles. The van der Waals surface area contributed by atoms with Crippen LogP contribution in [0.2, 0.25) is 0 Å². The third-order valence-electron chi connectivity index (χ3n) is 4.91. The van der Waals surface area contributed by atoms with Crippen LogP contribution in [0.3, 0.4) is 0 Å². The Kier molecular flexibility index (Phi) is 2.34. The largest absolute Gasteiger partial charge is 0.477 e. The summed E-state index contributed by atoms with van der Waals surface area (Å²) in [6.07, 6.45) is 4.29. The first-order chi connectivity index (χ1) is 9.72. The minimum Gasteiger partial charge on any atom is -0.477 e. The van der Waals surface area contributed by atoms with Gasteiger partial charge in [-0.15, -0.1) is 0 Å². The Bertz CT molecular complexity index is 714. The van der Waals surface area contributed by atoms with Crippen LogP contribution in [0.4, 0.5) is 0 Å². The molecule has 1 heterocycles. The normalized spacial score (nSPS) is 22.4. The molecule has 102 valence electrons. The Balaban J connectivity index is 2.01. The minimum absolute atomic E-state index is 0.269. The predicted octanol–water partition coefficient (Wildman–Crippen LogP) is 3.58. The van der Waals surface area contributed by atoms with Crippen LogP contribution in [0.25, 0.3) is 0 Å². The number of hydrogen-bond donors (Lipinski definition) is 1. The number of carboxylic acids is 1. The molecule has 1 N–H and O–H groups in total. The molecule has 0 spiro atoms. The molecule has 0 amide bonds. The molecule has 2 unspecified atom stereocenters. The van der Waals surface area contributed by atoms with Crippen LogP contribution >= 0.6 is 0 Å². The summed E-state index contributed by atoms with van der Waals surface area (Å²) < 4.78 is 1.91. The van der Waals surface area contributed by atoms with Crippen molar-refractivity contribution in [2.75, 3.05) is 0 Å². The van der Waals surface area contributed by atoms with Crippen molar-refractivity contribution in [3.63, 3.8) is 0 Å². The van der Waals surface area contributed by atoms with Gasteiger partial charge >= 0.3 is 5.97 Å². The molecule has 3 heteroatoms. The molecule has 20 heavy (non-hydrogen) atoms. The molecule has 2 atom stereocenters. The van der Waals surface area contributed by atoms with E-state index in [1.54, 1.807) is 0 Å². The Morgan fingerprint density at radius 3 is 2.50 bits per heavy atom. The molecular weight excluding hydrogens is 250 g/mol. The number of carboxylic acid groups (broad SMARTS) is 1. The molecule has 3 aliphatic rings. The van der Waals surface area contributed by atoms with E-state index in [-0.39, 0.29) is 5.92 Å². The van der Waals surface area contributed by atoms with Crippen LogP contribution < -0.4 is 0 Å². The number of rotatable bonds is 2. The van der Waals surface area contributed by atoms with Crippen LogP contribution in [0.15, 0.2) is 30.5 Å². The molecule has 2 aromatic rings. The average Bonchev–Trinajstić information content (AvgIpc) is 2.88. The van der Waals surface area contributed by atoms with Crippen molar-refractivity contribution in [1.29, 1.82) is 0 Å². The van der Waals surface area contributed by atoms with Crippen molar-refractivity contribution in [2.24, 2.45) is 0 Å². The highest BCUT2D eigenvalue weighted by molar-refractivity contribution is 5.89. The maximum atomic E-state index is 11.7. The molecular formula is C17H17NO2. The lowest BCUT2D eigenvalue weighted by molar-refractivity contribution is 0.0683. The summed E-state index contributed by atoms with van der Waals surface area (Å²) in [5.41, 5.74) is 5.58. The van der Waals surface area contributed by atoms with Gasteiger partial charge in [0.1, 0.15) is 5.69 Å². The van der Waals surface area contributed by atoms with Crippen molar-refractivity contribution in [3.8, 4) is 0 Å². The first kappa shape index (κ1) is 11.8. The van der Waals surface area contributed by atoms with Gasteiger partial charge in [-0.1, -0.05) is 24.3 Å². The highest BCUT2D eigenvalue weighted by Crippen LogP contribution is 2.54. The second kappa shape index (κ2) is 3.98. The van der Waals surface area contributed by atoms with Gasteiger partial charge < -0.3 is 9.67 Å². The Morgan fingerprint density at radius 1 is 1.20 bits per heavy atom. The lowest BCUT2D eigenvalue weighted by Gasteiger charge is -2.38. The monoisotopic (exact) mass is 267 g/mol. The van der Waals surface area contributed by atoms with E-state index in [0.29, 0.717) is 18.2 Å². The van der Waals surface area contributed by atoms with Gasteiger partial charge in [0.2, 0.25) is 0 Å². The fraction of sp³-hybridized carbons (Fsp3) is 0.353. The molecule has 0 radical (unpaired) electrons. The Hall–Kier alpha value is -2.03. The maximum absolute atomic E-state index is 11.7. The second-order valence-corrected chi connectivity index (χ2v) is 5.75. The van der Waals surface area contributed by atoms with Crippen LogP contribution in [0, 0.1) is 0 Å². The third-order valence-corrected chi connectivity index (χ3v) is 4.91. The first-order valence-electron chi connectivity index (χ1n) is 7.27. The maximum Gasteiger partial charge on any atom is 0.352 e. The van der Waals surface area contributed by atoms with E-state index in [1.165, 1.54) is 16.7 Å². The fourth-order valence-corrected chi connectivity index (χ4v) is 4.14. The standard InChI is InChI=1S/C17H17NO2/c1-2-18-9-14-12-7-8-13(15(14)16(18)17(19)20)11-6-4-3-5-10(11)12/h3-6,9,12-13H,2,7-8H2,1H3,(H,19,20). The van der Waals surface area contributed by atoms with Crippen molar-refractivity contribution in [1.82, 2.24) is 4.57 Å². The van der Waals surface area contributed by atoms with Crippen molar-refractivity contribution < 1.29 is 9.90 Å². The van der Waals surface area contributed by atoms with Crippen LogP contribution in [-0.2, 0) is 6.54 Å². The highest BCUT2D eigenvalue weighted by atomic mass is 16.4. The topological polar surface area (TPSA) is 42.2 Å². The number of aryl methyl sites for hydroxylation is 1. The number of aromatic carboxylic acids is 1. The van der Waals surface area contributed by atoms with E-state index in [2.05, 4.69) is 30.5 Å². The number of hydrogen-bond acceptors (Lipinski definition) is 1. The summed E-state index contributed by atoms with van der Waals surface area (Å²) in [6, 6.07) is 8.54. The van der Waals surface area contributed by atoms with Gasteiger partial charge in [-0.3, -0.25) is 0 Å². The van der Waals surface area contributed by atoms with Crippen molar-refractivity contribution in [2.45, 2.75) is 38.1 Å². The molecule has 0 fully saturated rings. The minimum atomic E-state index is -0.793. The smallest absolute Gasteiger partial charge is 0.352 e. The SMILES string of the molecule is CCn1cc2c(c1C(=O)O)C1CCC2c2ccccc21. The van der Waals surface area contributed by atoms with Crippen LogP contribution in [0.5, 0.6) is 0 Å². The Morgan fingerprint density at radius 2 is 1.85 bits per heavy atom. The van der Waals surface area contributed by atoms with E-state index in [4.69, 9.17) is 0 Å². The molecule has 3 nitrogen and oxygen atoms in total. The van der Waals surface area contributed by atoms with Crippen molar-refractivity contribution in [3.05, 3.63) is 58.4 Å².